The van der Waals surface area contributed by atoms with Crippen LogP contribution in [0.5, 0.6) is 0 Å². The number of hydrogen-bond donors (Lipinski definition) is 2. The summed E-state index contributed by atoms with van der Waals surface area (Å²) >= 11 is 4.17. The molecule has 2 heterocycles. The topological polar surface area (TPSA) is 115 Å². The van der Waals surface area contributed by atoms with E-state index in [4.69, 9.17) is 0 Å². The van der Waals surface area contributed by atoms with Gasteiger partial charge in [-0.3, -0.25) is 9.59 Å². The Kier molecular flexibility index (Phi) is 6.75. The zero-order valence-electron chi connectivity index (χ0n) is 16.4. The number of thiazole rings is 1. The summed E-state index contributed by atoms with van der Waals surface area (Å²) in [5.41, 5.74) is 1.29. The second kappa shape index (κ2) is 9.09. The van der Waals surface area contributed by atoms with Gasteiger partial charge in [-0.25, -0.2) is 9.67 Å². The summed E-state index contributed by atoms with van der Waals surface area (Å²) in [6.07, 6.45) is 0. The van der Waals surface area contributed by atoms with Crippen LogP contribution in [0.25, 0.3) is 10.2 Å². The highest BCUT2D eigenvalue weighted by Gasteiger charge is 2.15. The van der Waals surface area contributed by atoms with E-state index in [-0.39, 0.29) is 23.1 Å². The second-order valence-corrected chi connectivity index (χ2v) is 10.4. The maximum Gasteiger partial charge on any atom is 0.234 e. The van der Waals surface area contributed by atoms with Gasteiger partial charge in [-0.15, -0.1) is 16.4 Å². The van der Waals surface area contributed by atoms with E-state index in [1.54, 1.807) is 7.05 Å². The Morgan fingerprint density at radius 3 is 2.62 bits per heavy atom. The number of carbonyl (C=O) groups is 2. The largest absolute Gasteiger partial charge is 0.351 e. The molecule has 0 saturated carbocycles. The number of carbonyl (C=O) groups excluding carboxylic acids is 2. The van der Waals surface area contributed by atoms with Crippen molar-refractivity contribution in [2.24, 2.45) is 7.05 Å². The molecule has 0 aliphatic rings. The minimum absolute atomic E-state index is 0.0229. The van der Waals surface area contributed by atoms with Crippen LogP contribution < -0.4 is 10.6 Å². The van der Waals surface area contributed by atoms with Crippen molar-refractivity contribution in [1.82, 2.24) is 30.5 Å². The Balaban J connectivity index is 1.56. The van der Waals surface area contributed by atoms with Gasteiger partial charge in [0.25, 0.3) is 0 Å². The highest BCUT2D eigenvalue weighted by molar-refractivity contribution is 8.01. The minimum atomic E-state index is -0.250. The Morgan fingerprint density at radius 2 is 1.93 bits per heavy atom. The Labute approximate surface area is 180 Å². The maximum atomic E-state index is 12.2. The van der Waals surface area contributed by atoms with Gasteiger partial charge < -0.3 is 10.6 Å². The Morgan fingerprint density at radius 1 is 1.17 bits per heavy atom. The molecule has 3 rings (SSSR count). The number of rotatable bonds is 7. The number of aromatic nitrogens is 5. The molecule has 3 aromatic rings. The average molecular weight is 452 g/mol. The quantitative estimate of drug-likeness (QED) is 0.527. The molecule has 0 spiro atoms. The first kappa shape index (κ1) is 21.5. The summed E-state index contributed by atoms with van der Waals surface area (Å²) in [6.45, 7) is 5.85. The summed E-state index contributed by atoms with van der Waals surface area (Å²) < 4.78 is 3.28. The Bertz CT molecular complexity index is 1030. The SMILES string of the molecule is Cn1nnnc1SCC(=O)Nc1ccc2nc(SCC(=O)NC(C)(C)C)sc2c1. The summed E-state index contributed by atoms with van der Waals surface area (Å²) in [5, 5.41) is 17.5. The van der Waals surface area contributed by atoms with E-state index in [0.717, 1.165) is 14.6 Å². The van der Waals surface area contributed by atoms with Crippen molar-refractivity contribution in [3.63, 3.8) is 0 Å². The first-order chi connectivity index (χ1) is 13.7. The molecule has 9 nitrogen and oxygen atoms in total. The van der Waals surface area contributed by atoms with Crippen LogP contribution in [0.15, 0.2) is 27.7 Å². The van der Waals surface area contributed by atoms with Crippen molar-refractivity contribution >= 4 is 62.6 Å². The van der Waals surface area contributed by atoms with Gasteiger partial charge in [0.05, 0.1) is 21.7 Å². The first-order valence-electron chi connectivity index (χ1n) is 8.69. The molecule has 0 aliphatic heterocycles. The van der Waals surface area contributed by atoms with Crippen LogP contribution in [0.1, 0.15) is 20.8 Å². The molecule has 0 aliphatic carbocycles. The van der Waals surface area contributed by atoms with Crippen LogP contribution in [-0.4, -0.2) is 54.1 Å². The molecule has 154 valence electrons. The van der Waals surface area contributed by atoms with Crippen LogP contribution in [-0.2, 0) is 16.6 Å². The van der Waals surface area contributed by atoms with Gasteiger partial charge in [-0.2, -0.15) is 0 Å². The zero-order valence-corrected chi connectivity index (χ0v) is 18.9. The minimum Gasteiger partial charge on any atom is -0.351 e. The molecule has 0 saturated heterocycles. The van der Waals surface area contributed by atoms with Gasteiger partial charge in [0, 0.05) is 18.3 Å². The molecule has 0 atom stereocenters. The lowest BCUT2D eigenvalue weighted by Crippen LogP contribution is -2.41. The molecule has 0 radical (unpaired) electrons. The van der Waals surface area contributed by atoms with Gasteiger partial charge in [0.15, 0.2) is 4.34 Å². The van der Waals surface area contributed by atoms with Crippen LogP contribution >= 0.6 is 34.9 Å². The van der Waals surface area contributed by atoms with E-state index in [9.17, 15) is 9.59 Å². The fraction of sp³-hybridized carbons (Fsp3) is 0.412. The molecule has 2 amide bonds. The number of aryl methyl sites for hydroxylation is 1. The zero-order chi connectivity index (χ0) is 21.0. The summed E-state index contributed by atoms with van der Waals surface area (Å²) in [6, 6.07) is 5.56. The lowest BCUT2D eigenvalue weighted by Gasteiger charge is -2.19. The third-order valence-electron chi connectivity index (χ3n) is 3.41. The number of benzene rings is 1. The lowest BCUT2D eigenvalue weighted by atomic mass is 10.1. The highest BCUT2D eigenvalue weighted by Crippen LogP contribution is 2.31. The van der Waals surface area contributed by atoms with Crippen molar-refractivity contribution in [3.05, 3.63) is 18.2 Å². The monoisotopic (exact) mass is 451 g/mol. The number of nitrogens with zero attached hydrogens (tertiary/aromatic N) is 5. The maximum absolute atomic E-state index is 12.2. The van der Waals surface area contributed by atoms with Crippen LogP contribution in [0.4, 0.5) is 5.69 Å². The molecular weight excluding hydrogens is 430 g/mol. The van der Waals surface area contributed by atoms with Crippen LogP contribution in [0, 0.1) is 0 Å². The van der Waals surface area contributed by atoms with E-state index >= 15 is 0 Å². The smallest absolute Gasteiger partial charge is 0.234 e. The molecule has 0 bridgehead atoms. The fourth-order valence-electron chi connectivity index (χ4n) is 2.30. The third-order valence-corrected chi connectivity index (χ3v) is 6.58. The normalized spacial score (nSPS) is 11.6. The van der Waals surface area contributed by atoms with Gasteiger partial charge >= 0.3 is 0 Å². The number of fused-ring (bicyclic) bond motifs is 1. The lowest BCUT2D eigenvalue weighted by molar-refractivity contribution is -0.120. The molecule has 12 heteroatoms. The number of nitrogens with one attached hydrogen (secondary N) is 2. The van der Waals surface area contributed by atoms with Crippen LogP contribution in [0.2, 0.25) is 0 Å². The fourth-order valence-corrected chi connectivity index (χ4v) is 4.85. The standard InChI is InChI=1S/C17H21N7O2S3/c1-17(2,3)20-14(26)9-28-16-19-11-6-5-10(7-12(11)29-16)18-13(25)8-27-15-21-22-23-24(15)4/h5-7H,8-9H2,1-4H3,(H,18,25)(H,20,26). The number of thioether (sulfide) groups is 2. The van der Waals surface area contributed by atoms with Crippen molar-refractivity contribution < 1.29 is 9.59 Å². The molecule has 2 N–H and O–H groups in total. The number of hydrogen-bond acceptors (Lipinski definition) is 9. The number of tetrazole rings is 1. The van der Waals surface area contributed by atoms with Crippen molar-refractivity contribution in [2.45, 2.75) is 35.8 Å². The van der Waals surface area contributed by atoms with Gasteiger partial charge in [-0.05, 0) is 49.4 Å². The average Bonchev–Trinajstić information content (AvgIpc) is 3.22. The summed E-state index contributed by atoms with van der Waals surface area (Å²) in [5.74, 6) is 0.355. The Hall–Kier alpha value is -2.18. The molecule has 2 aromatic heterocycles. The number of amides is 2. The molecule has 1 aromatic carbocycles. The van der Waals surface area contributed by atoms with Crippen LogP contribution in [0.3, 0.4) is 0 Å². The molecule has 0 unspecified atom stereocenters. The molecular formula is C17H21N7O2S3. The van der Waals surface area contributed by atoms with Gasteiger partial charge in [-0.1, -0.05) is 23.5 Å². The van der Waals surface area contributed by atoms with Crippen molar-refractivity contribution in [2.75, 3.05) is 16.8 Å². The second-order valence-electron chi connectivity index (χ2n) is 7.17. The predicted molar refractivity (Wildman–Crippen MR) is 116 cm³/mol. The van der Waals surface area contributed by atoms with E-state index in [0.29, 0.717) is 16.6 Å². The van der Waals surface area contributed by atoms with Gasteiger partial charge in [0.2, 0.25) is 17.0 Å². The van der Waals surface area contributed by atoms with Crippen molar-refractivity contribution in [1.29, 1.82) is 0 Å². The summed E-state index contributed by atoms with van der Waals surface area (Å²) in [4.78, 5) is 28.7. The molecule has 0 fully saturated rings. The first-order valence-corrected chi connectivity index (χ1v) is 11.5. The van der Waals surface area contributed by atoms with E-state index in [1.807, 2.05) is 39.0 Å². The third kappa shape index (κ3) is 6.41. The van der Waals surface area contributed by atoms with Crippen molar-refractivity contribution in [3.8, 4) is 0 Å². The number of anilines is 1. The van der Waals surface area contributed by atoms with E-state index in [1.165, 1.54) is 39.5 Å². The highest BCUT2D eigenvalue weighted by atomic mass is 32.2. The molecule has 29 heavy (non-hydrogen) atoms. The summed E-state index contributed by atoms with van der Waals surface area (Å²) in [7, 11) is 1.72. The van der Waals surface area contributed by atoms with E-state index in [2.05, 4.69) is 31.1 Å². The van der Waals surface area contributed by atoms with E-state index < -0.39 is 0 Å². The predicted octanol–water partition coefficient (Wildman–Crippen LogP) is 2.56. The van der Waals surface area contributed by atoms with Gasteiger partial charge in [0.1, 0.15) is 0 Å².